The van der Waals surface area contributed by atoms with E-state index in [0.717, 1.165) is 17.7 Å². The zero-order valence-electron chi connectivity index (χ0n) is 12.1. The lowest BCUT2D eigenvalue weighted by Gasteiger charge is -2.11. The molecule has 0 aliphatic heterocycles. The number of halogens is 3. The van der Waals surface area contributed by atoms with E-state index in [-0.39, 0.29) is 17.1 Å². The summed E-state index contributed by atoms with van der Waals surface area (Å²) in [5.41, 5.74) is 0.376. The molecule has 4 nitrogen and oxygen atoms in total. The third kappa shape index (κ3) is 3.03. The lowest BCUT2D eigenvalue weighted by molar-refractivity contribution is -0.137. The van der Waals surface area contributed by atoms with Crippen LogP contribution in [0.15, 0.2) is 53.5 Å². The van der Waals surface area contributed by atoms with Crippen molar-refractivity contribution in [2.45, 2.75) is 13.1 Å². The molecule has 2 heterocycles. The van der Waals surface area contributed by atoms with E-state index in [1.807, 2.05) is 0 Å². The van der Waals surface area contributed by atoms with E-state index in [4.69, 9.17) is 0 Å². The highest BCUT2D eigenvalue weighted by atomic mass is 19.4. The molecule has 0 aliphatic carbocycles. The third-order valence-corrected chi connectivity index (χ3v) is 3.35. The Morgan fingerprint density at radius 2 is 1.91 bits per heavy atom. The average Bonchev–Trinajstić information content (AvgIpc) is 2.48. The van der Waals surface area contributed by atoms with Gasteiger partial charge >= 0.3 is 6.18 Å². The van der Waals surface area contributed by atoms with Gasteiger partial charge < -0.3 is 5.32 Å². The van der Waals surface area contributed by atoms with Crippen LogP contribution >= 0.6 is 0 Å². The highest BCUT2D eigenvalue weighted by molar-refractivity contribution is 5.60. The van der Waals surface area contributed by atoms with Gasteiger partial charge in [-0.15, -0.1) is 0 Å². The summed E-state index contributed by atoms with van der Waals surface area (Å²) in [5, 5.41) is 2.75. The molecule has 0 atom stereocenters. The zero-order chi connectivity index (χ0) is 16.6. The Hall–Kier alpha value is -2.83. The fourth-order valence-corrected chi connectivity index (χ4v) is 2.25. The minimum atomic E-state index is -4.43. The first-order chi connectivity index (χ1) is 10.8. The van der Waals surface area contributed by atoms with Crippen LogP contribution < -0.4 is 10.9 Å². The van der Waals surface area contributed by atoms with Gasteiger partial charge in [0.25, 0.3) is 5.56 Å². The second-order valence-corrected chi connectivity index (χ2v) is 5.07. The second kappa shape index (κ2) is 5.42. The summed E-state index contributed by atoms with van der Waals surface area (Å²) >= 11 is 0. The fourth-order valence-electron chi connectivity index (χ4n) is 2.25. The van der Waals surface area contributed by atoms with Gasteiger partial charge in [-0.25, -0.2) is 4.98 Å². The van der Waals surface area contributed by atoms with Crippen molar-refractivity contribution in [3.05, 3.63) is 70.1 Å². The second-order valence-electron chi connectivity index (χ2n) is 5.07. The summed E-state index contributed by atoms with van der Waals surface area (Å²) in [5.74, 6) is 0.198. The summed E-state index contributed by atoms with van der Waals surface area (Å²) in [6, 6.07) is 9.51. The predicted molar refractivity (Wildman–Crippen MR) is 80.9 cm³/mol. The molecule has 118 valence electrons. The fraction of sp³-hybridized carbons (Fsp3) is 0.125. The molecule has 0 fully saturated rings. The first kappa shape index (κ1) is 15.1. The Kier molecular flexibility index (Phi) is 3.55. The minimum Gasteiger partial charge on any atom is -0.340 e. The van der Waals surface area contributed by atoms with Crippen molar-refractivity contribution in [3.8, 4) is 0 Å². The van der Waals surface area contributed by atoms with Crippen molar-refractivity contribution < 1.29 is 13.2 Å². The zero-order valence-corrected chi connectivity index (χ0v) is 12.1. The molecular formula is C16H12F3N3O. The lowest BCUT2D eigenvalue weighted by atomic mass is 10.2. The SMILES string of the molecule is Cc1cccn2c(=O)cc(Nc3cccc(C(F)(F)F)c3)nc12. The third-order valence-electron chi connectivity index (χ3n) is 3.35. The Labute approximate surface area is 129 Å². The van der Waals surface area contributed by atoms with Crippen molar-refractivity contribution in [3.63, 3.8) is 0 Å². The van der Waals surface area contributed by atoms with Crippen LogP contribution in [0.4, 0.5) is 24.7 Å². The summed E-state index contributed by atoms with van der Waals surface area (Å²) in [7, 11) is 0. The van der Waals surface area contributed by atoms with E-state index in [9.17, 15) is 18.0 Å². The standard InChI is InChI=1S/C16H12F3N3O/c1-10-4-3-7-22-14(23)9-13(21-15(10)22)20-12-6-2-5-11(8-12)16(17,18)19/h2-9,20H,1H3. The summed E-state index contributed by atoms with van der Waals surface area (Å²) in [4.78, 5) is 16.4. The van der Waals surface area contributed by atoms with Crippen molar-refractivity contribution in [1.82, 2.24) is 9.38 Å². The summed E-state index contributed by atoms with van der Waals surface area (Å²) in [6.07, 6.45) is -2.84. The van der Waals surface area contributed by atoms with Gasteiger partial charge in [-0.3, -0.25) is 9.20 Å². The molecular weight excluding hydrogens is 307 g/mol. The smallest absolute Gasteiger partial charge is 0.340 e. The maximum Gasteiger partial charge on any atom is 0.416 e. The van der Waals surface area contributed by atoms with Crippen molar-refractivity contribution >= 4 is 17.2 Å². The van der Waals surface area contributed by atoms with Crippen molar-refractivity contribution in [2.24, 2.45) is 0 Å². The topological polar surface area (TPSA) is 46.4 Å². The first-order valence-corrected chi connectivity index (χ1v) is 6.78. The maximum absolute atomic E-state index is 12.7. The molecule has 1 N–H and O–H groups in total. The largest absolute Gasteiger partial charge is 0.416 e. The number of aromatic nitrogens is 2. The number of nitrogens with one attached hydrogen (secondary N) is 1. The maximum atomic E-state index is 12.7. The van der Waals surface area contributed by atoms with Crippen LogP contribution in [0.25, 0.3) is 5.65 Å². The number of pyridine rings is 1. The molecule has 0 radical (unpaired) electrons. The number of benzene rings is 1. The molecule has 0 aliphatic rings. The Morgan fingerprint density at radius 3 is 2.65 bits per heavy atom. The molecule has 0 unspecified atom stereocenters. The van der Waals surface area contributed by atoms with Crippen molar-refractivity contribution in [2.75, 3.05) is 5.32 Å². The van der Waals surface area contributed by atoms with E-state index in [1.54, 1.807) is 25.3 Å². The van der Waals surface area contributed by atoms with Crippen LogP contribution in [0.3, 0.4) is 0 Å². The van der Waals surface area contributed by atoms with E-state index in [2.05, 4.69) is 10.3 Å². The predicted octanol–water partition coefficient (Wildman–Crippen LogP) is 3.77. The van der Waals surface area contributed by atoms with Gasteiger partial charge in [-0.2, -0.15) is 13.2 Å². The van der Waals surface area contributed by atoms with Crippen LogP contribution in [0, 0.1) is 6.92 Å². The van der Waals surface area contributed by atoms with Crippen LogP contribution in [0.5, 0.6) is 0 Å². The normalized spacial score (nSPS) is 11.7. The van der Waals surface area contributed by atoms with Gasteiger partial charge in [0.05, 0.1) is 5.56 Å². The Morgan fingerprint density at radius 1 is 1.13 bits per heavy atom. The lowest BCUT2D eigenvalue weighted by Crippen LogP contribution is -2.15. The molecule has 0 spiro atoms. The Bertz CT molecular complexity index is 932. The molecule has 0 saturated carbocycles. The molecule has 2 aromatic heterocycles. The van der Waals surface area contributed by atoms with Crippen LogP contribution in [0.1, 0.15) is 11.1 Å². The molecule has 0 bridgehead atoms. The summed E-state index contributed by atoms with van der Waals surface area (Å²) in [6.45, 7) is 1.80. The summed E-state index contributed by atoms with van der Waals surface area (Å²) < 4.78 is 39.6. The highest BCUT2D eigenvalue weighted by Crippen LogP contribution is 2.31. The average molecular weight is 319 g/mol. The quantitative estimate of drug-likeness (QED) is 0.782. The number of hydrogen-bond acceptors (Lipinski definition) is 3. The van der Waals surface area contributed by atoms with Gasteiger partial charge in [0.15, 0.2) is 0 Å². The molecule has 0 saturated heterocycles. The van der Waals surface area contributed by atoms with Gasteiger partial charge in [-0.05, 0) is 36.8 Å². The van der Waals surface area contributed by atoms with Crippen LogP contribution in [-0.2, 0) is 6.18 Å². The molecule has 7 heteroatoms. The van der Waals surface area contributed by atoms with E-state index in [1.165, 1.54) is 22.6 Å². The Balaban J connectivity index is 2.03. The number of nitrogens with zero attached hydrogens (tertiary/aromatic N) is 2. The van der Waals surface area contributed by atoms with Gasteiger partial charge in [0.1, 0.15) is 11.5 Å². The molecule has 3 rings (SSSR count). The van der Waals surface area contributed by atoms with Gasteiger partial charge in [0, 0.05) is 18.0 Å². The number of alkyl halides is 3. The minimum absolute atomic E-state index is 0.198. The van der Waals surface area contributed by atoms with E-state index < -0.39 is 11.7 Å². The molecule has 3 aromatic rings. The molecule has 0 amide bonds. The number of hydrogen-bond donors (Lipinski definition) is 1. The highest BCUT2D eigenvalue weighted by Gasteiger charge is 2.30. The van der Waals surface area contributed by atoms with Crippen molar-refractivity contribution in [1.29, 1.82) is 0 Å². The molecule has 1 aromatic carbocycles. The number of rotatable bonds is 2. The number of anilines is 2. The number of aryl methyl sites for hydroxylation is 1. The van der Waals surface area contributed by atoms with E-state index >= 15 is 0 Å². The van der Waals surface area contributed by atoms with Crippen LogP contribution in [-0.4, -0.2) is 9.38 Å². The van der Waals surface area contributed by atoms with Gasteiger partial charge in [-0.1, -0.05) is 12.1 Å². The first-order valence-electron chi connectivity index (χ1n) is 6.78. The monoisotopic (exact) mass is 319 g/mol. The van der Waals surface area contributed by atoms with Gasteiger partial charge in [0.2, 0.25) is 0 Å². The molecule has 23 heavy (non-hydrogen) atoms. The van der Waals surface area contributed by atoms with Crippen LogP contribution in [0.2, 0.25) is 0 Å². The van der Waals surface area contributed by atoms with E-state index in [0.29, 0.717) is 5.65 Å². The number of fused-ring (bicyclic) bond motifs is 1.